The van der Waals surface area contributed by atoms with Crippen LogP contribution in [0.15, 0.2) is 50.4 Å². The van der Waals surface area contributed by atoms with Crippen molar-refractivity contribution >= 4 is 43.3 Å². The highest BCUT2D eigenvalue weighted by atomic mass is 79.9. The number of anilines is 1. The number of sulfone groups is 1. The van der Waals surface area contributed by atoms with Gasteiger partial charge in [0.1, 0.15) is 0 Å². The van der Waals surface area contributed by atoms with Crippen molar-refractivity contribution in [2.24, 2.45) is 5.92 Å². The number of hydrogen-bond acceptors (Lipinski definition) is 6. The van der Waals surface area contributed by atoms with E-state index in [0.717, 1.165) is 0 Å². The maximum Gasteiger partial charge on any atom is 0.310 e. The van der Waals surface area contributed by atoms with Gasteiger partial charge < -0.3 is 14.5 Å². The van der Waals surface area contributed by atoms with Crippen molar-refractivity contribution in [2.75, 3.05) is 17.7 Å². The predicted molar refractivity (Wildman–Crippen MR) is 91.9 cm³/mol. The molecule has 3 rings (SSSR count). The lowest BCUT2D eigenvalue weighted by Gasteiger charge is -2.09. The minimum Gasteiger partial charge on any atom is -0.465 e. The molecule has 1 atom stereocenters. The lowest BCUT2D eigenvalue weighted by atomic mass is 10.1. The summed E-state index contributed by atoms with van der Waals surface area (Å²) in [7, 11) is -3.61. The summed E-state index contributed by atoms with van der Waals surface area (Å²) >= 11 is 3.11. The van der Waals surface area contributed by atoms with Crippen LogP contribution in [-0.2, 0) is 19.4 Å². The molecule has 1 aromatic carbocycles. The third-order valence-corrected chi connectivity index (χ3v) is 5.99. The lowest BCUT2D eigenvalue weighted by Crippen LogP contribution is -2.20. The summed E-state index contributed by atoms with van der Waals surface area (Å²) in [6.07, 6.45) is 0.408. The molecule has 25 heavy (non-hydrogen) atoms. The molecule has 0 saturated carbocycles. The van der Waals surface area contributed by atoms with Gasteiger partial charge in [0.2, 0.25) is 0 Å². The second-order valence-corrected chi connectivity index (χ2v) is 8.33. The molecule has 1 unspecified atom stereocenters. The van der Waals surface area contributed by atoms with E-state index >= 15 is 0 Å². The molecule has 1 amide bonds. The number of hydrogen-bond donors (Lipinski definition) is 1. The summed E-state index contributed by atoms with van der Waals surface area (Å²) < 4.78 is 35.1. The first-order valence-corrected chi connectivity index (χ1v) is 9.86. The van der Waals surface area contributed by atoms with E-state index in [1.165, 1.54) is 30.3 Å². The van der Waals surface area contributed by atoms with Crippen molar-refractivity contribution in [3.8, 4) is 0 Å². The van der Waals surface area contributed by atoms with Gasteiger partial charge in [-0.25, -0.2) is 8.42 Å². The van der Waals surface area contributed by atoms with Gasteiger partial charge in [-0.2, -0.15) is 0 Å². The first-order chi connectivity index (χ1) is 11.8. The Morgan fingerprint density at radius 2 is 1.92 bits per heavy atom. The molecule has 1 aromatic heterocycles. The Morgan fingerprint density at radius 3 is 2.48 bits per heavy atom. The normalized spacial score (nSPS) is 17.3. The molecule has 1 N–H and O–H groups in total. The van der Waals surface area contributed by atoms with E-state index in [1.54, 1.807) is 6.07 Å². The van der Waals surface area contributed by atoms with E-state index < -0.39 is 27.6 Å². The highest BCUT2D eigenvalue weighted by Crippen LogP contribution is 2.23. The summed E-state index contributed by atoms with van der Waals surface area (Å²) in [5.74, 6) is -1.70. The molecule has 2 aromatic rings. The summed E-state index contributed by atoms with van der Waals surface area (Å²) in [4.78, 5) is 23.5. The van der Waals surface area contributed by atoms with Gasteiger partial charge in [-0.1, -0.05) is 0 Å². The maximum absolute atomic E-state index is 12.4. The lowest BCUT2D eigenvalue weighted by molar-refractivity contribution is -0.140. The molecule has 1 aliphatic heterocycles. The summed E-state index contributed by atoms with van der Waals surface area (Å²) in [5, 5.41) is 2.61. The van der Waals surface area contributed by atoms with E-state index in [2.05, 4.69) is 21.2 Å². The van der Waals surface area contributed by atoms with Gasteiger partial charge in [0, 0.05) is 5.69 Å². The molecule has 0 spiro atoms. The zero-order chi connectivity index (χ0) is 18.0. The Kier molecular flexibility index (Phi) is 4.96. The second kappa shape index (κ2) is 7.01. The number of esters is 1. The average molecular weight is 428 g/mol. The Balaban J connectivity index is 1.69. The number of carbonyl (C=O) groups excluding carboxylic acids is 2. The number of nitrogens with one attached hydrogen (secondary N) is 1. The summed E-state index contributed by atoms with van der Waals surface area (Å²) in [6.45, 7) is 0.257. The molecule has 1 fully saturated rings. The number of rotatable bonds is 5. The van der Waals surface area contributed by atoms with Crippen molar-refractivity contribution in [3.05, 3.63) is 46.8 Å². The third-order valence-electron chi connectivity index (χ3n) is 3.73. The van der Waals surface area contributed by atoms with Crippen molar-refractivity contribution in [1.29, 1.82) is 0 Å². The highest BCUT2D eigenvalue weighted by Gasteiger charge is 2.32. The Morgan fingerprint density at radius 1 is 1.20 bits per heavy atom. The number of carbonyl (C=O) groups is 2. The van der Waals surface area contributed by atoms with Crippen LogP contribution < -0.4 is 5.32 Å². The number of halogens is 1. The molecular formula is C16H14BrNO6S. The molecule has 0 radical (unpaired) electrons. The van der Waals surface area contributed by atoms with Gasteiger partial charge in [0.05, 0.1) is 23.2 Å². The number of ether oxygens (including phenoxy) is 1. The monoisotopic (exact) mass is 427 g/mol. The van der Waals surface area contributed by atoms with E-state index in [-0.39, 0.29) is 23.0 Å². The zero-order valence-corrected chi connectivity index (χ0v) is 15.3. The molecule has 2 heterocycles. The number of amides is 1. The van der Waals surface area contributed by atoms with Crippen LogP contribution in [0, 0.1) is 5.92 Å². The molecule has 0 bridgehead atoms. The quantitative estimate of drug-likeness (QED) is 0.735. The van der Waals surface area contributed by atoms with Gasteiger partial charge in [-0.3, -0.25) is 9.59 Å². The molecule has 1 aliphatic rings. The topological polar surface area (TPSA) is 103 Å². The van der Waals surface area contributed by atoms with Crippen molar-refractivity contribution in [2.45, 2.75) is 11.3 Å². The van der Waals surface area contributed by atoms with E-state index in [4.69, 9.17) is 9.15 Å². The fraction of sp³-hybridized carbons (Fsp3) is 0.250. The minimum absolute atomic E-state index is 0.0888. The molecule has 1 saturated heterocycles. The van der Waals surface area contributed by atoms with Gasteiger partial charge in [-0.15, -0.1) is 0 Å². The van der Waals surface area contributed by atoms with Gasteiger partial charge in [0.15, 0.2) is 20.3 Å². The van der Waals surface area contributed by atoms with Gasteiger partial charge in [-0.05, 0) is 58.7 Å². The third kappa shape index (κ3) is 4.10. The molecule has 132 valence electrons. The van der Waals surface area contributed by atoms with Crippen LogP contribution >= 0.6 is 15.9 Å². The summed E-state index contributed by atoms with van der Waals surface area (Å²) in [5.41, 5.74) is 0.428. The smallest absolute Gasteiger partial charge is 0.310 e. The van der Waals surface area contributed by atoms with Gasteiger partial charge in [0.25, 0.3) is 5.91 Å². The number of benzene rings is 1. The van der Waals surface area contributed by atoms with Crippen LogP contribution in [0.5, 0.6) is 0 Å². The SMILES string of the molecule is O=C(Nc1ccc(S(=O)(=O)CC2CCOC2=O)cc1)c1ccc(Br)o1. The minimum atomic E-state index is -3.61. The van der Waals surface area contributed by atoms with Crippen molar-refractivity contribution < 1.29 is 27.2 Å². The van der Waals surface area contributed by atoms with E-state index in [9.17, 15) is 18.0 Å². The fourth-order valence-electron chi connectivity index (χ4n) is 2.42. The molecule has 9 heteroatoms. The van der Waals surface area contributed by atoms with Crippen LogP contribution in [0.25, 0.3) is 0 Å². The fourth-order valence-corrected chi connectivity index (χ4v) is 4.31. The Bertz CT molecular complexity index is 903. The first kappa shape index (κ1) is 17.7. The number of cyclic esters (lactones) is 1. The zero-order valence-electron chi connectivity index (χ0n) is 12.9. The van der Waals surface area contributed by atoms with Crippen LogP contribution in [0.3, 0.4) is 0 Å². The molecule has 0 aliphatic carbocycles. The standard InChI is InChI=1S/C16H14BrNO6S/c17-14-6-5-13(24-14)15(19)18-11-1-3-12(4-2-11)25(21,22)9-10-7-8-23-16(10)20/h1-6,10H,7-9H2,(H,18,19). The average Bonchev–Trinajstić information content (AvgIpc) is 3.17. The molecular weight excluding hydrogens is 414 g/mol. The van der Waals surface area contributed by atoms with Gasteiger partial charge >= 0.3 is 5.97 Å². The van der Waals surface area contributed by atoms with Crippen molar-refractivity contribution in [1.82, 2.24) is 0 Å². The Labute approximate surface area is 152 Å². The molecule has 7 nitrogen and oxygen atoms in total. The summed E-state index contributed by atoms with van der Waals surface area (Å²) in [6, 6.07) is 8.86. The van der Waals surface area contributed by atoms with Crippen LogP contribution in [0.1, 0.15) is 17.0 Å². The van der Waals surface area contributed by atoms with E-state index in [1.807, 2.05) is 0 Å². The first-order valence-electron chi connectivity index (χ1n) is 7.41. The van der Waals surface area contributed by atoms with Crippen molar-refractivity contribution in [3.63, 3.8) is 0 Å². The number of furan rings is 1. The van der Waals surface area contributed by atoms with E-state index in [0.29, 0.717) is 16.8 Å². The largest absolute Gasteiger partial charge is 0.465 e. The van der Waals surface area contributed by atoms with Crippen LogP contribution in [-0.4, -0.2) is 32.7 Å². The highest BCUT2D eigenvalue weighted by molar-refractivity contribution is 9.10. The maximum atomic E-state index is 12.4. The second-order valence-electron chi connectivity index (χ2n) is 5.52. The predicted octanol–water partition coefficient (Wildman–Crippen LogP) is 2.63. The Hall–Kier alpha value is -2.13. The van der Waals surface area contributed by atoms with Crippen LogP contribution in [0.2, 0.25) is 0 Å². The van der Waals surface area contributed by atoms with Crippen LogP contribution in [0.4, 0.5) is 5.69 Å².